The molecule has 3 aromatic rings. The fourth-order valence-corrected chi connectivity index (χ4v) is 3.69. The Kier molecular flexibility index (Phi) is 4.19. The minimum Gasteiger partial charge on any atom is -0.379 e. The van der Waals surface area contributed by atoms with Crippen molar-refractivity contribution in [3.05, 3.63) is 24.3 Å². The topological polar surface area (TPSA) is 84.8 Å². The Morgan fingerprint density at radius 3 is 3.04 bits per heavy atom. The van der Waals surface area contributed by atoms with Crippen molar-refractivity contribution >= 4 is 28.0 Å². The predicted octanol–water partition coefficient (Wildman–Crippen LogP) is 2.72. The molecule has 0 aliphatic carbocycles. The van der Waals surface area contributed by atoms with Crippen LogP contribution in [0.5, 0.6) is 0 Å². The third-order valence-electron chi connectivity index (χ3n) is 4.64. The maximum Gasteiger partial charge on any atom is 0.227 e. The highest BCUT2D eigenvalue weighted by Crippen LogP contribution is 2.31. The van der Waals surface area contributed by atoms with Gasteiger partial charge in [0.25, 0.3) is 0 Å². The normalized spacial score (nSPS) is 18.5. The Bertz CT molecular complexity index is 944. The maximum atomic E-state index is 12.5. The van der Waals surface area contributed by atoms with Crippen LogP contribution in [0, 0.1) is 0 Å². The van der Waals surface area contributed by atoms with Gasteiger partial charge in [-0.05, 0) is 39.7 Å². The average molecular weight is 355 g/mol. The minimum absolute atomic E-state index is 0.0240. The second kappa shape index (κ2) is 6.39. The smallest absolute Gasteiger partial charge is 0.227 e. The van der Waals surface area contributed by atoms with Gasteiger partial charge in [0.05, 0.1) is 30.8 Å². The van der Waals surface area contributed by atoms with E-state index in [1.54, 1.807) is 6.20 Å². The zero-order valence-electron chi connectivity index (χ0n) is 15.5. The zero-order chi connectivity index (χ0) is 18.3. The van der Waals surface area contributed by atoms with Crippen LogP contribution in [-0.2, 0) is 16.0 Å². The molecule has 1 unspecified atom stereocenters. The van der Waals surface area contributed by atoms with Gasteiger partial charge in [0.2, 0.25) is 5.91 Å². The molecule has 3 aromatic heterocycles. The second-order valence-corrected chi connectivity index (χ2v) is 7.98. The van der Waals surface area contributed by atoms with E-state index in [9.17, 15) is 4.79 Å². The van der Waals surface area contributed by atoms with Gasteiger partial charge in [-0.25, -0.2) is 9.97 Å². The van der Waals surface area contributed by atoms with E-state index in [4.69, 9.17) is 9.72 Å². The highest BCUT2D eigenvalue weighted by molar-refractivity contribution is 6.01. The van der Waals surface area contributed by atoms with Crippen molar-refractivity contribution < 1.29 is 9.53 Å². The monoisotopic (exact) mass is 355 g/mol. The summed E-state index contributed by atoms with van der Waals surface area (Å²) in [7, 11) is 0. The van der Waals surface area contributed by atoms with Gasteiger partial charge in [-0.2, -0.15) is 0 Å². The first kappa shape index (κ1) is 17.0. The van der Waals surface area contributed by atoms with Crippen molar-refractivity contribution in [3.63, 3.8) is 0 Å². The summed E-state index contributed by atoms with van der Waals surface area (Å²) >= 11 is 0. The summed E-state index contributed by atoms with van der Waals surface area (Å²) in [6, 6.07) is 2.21. The summed E-state index contributed by atoms with van der Waals surface area (Å²) in [4.78, 5) is 24.9. The molecular formula is C19H25N5O2. The average Bonchev–Trinajstić information content (AvgIpc) is 3.17. The highest BCUT2D eigenvalue weighted by atomic mass is 16.5. The Labute approximate surface area is 152 Å². The molecule has 0 radical (unpaired) electrons. The third kappa shape index (κ3) is 3.19. The van der Waals surface area contributed by atoms with Gasteiger partial charge in [-0.3, -0.25) is 4.79 Å². The van der Waals surface area contributed by atoms with E-state index >= 15 is 0 Å². The van der Waals surface area contributed by atoms with E-state index < -0.39 is 0 Å². The number of ether oxygens (including phenoxy) is 1. The third-order valence-corrected chi connectivity index (χ3v) is 4.64. The molecule has 1 aliphatic heterocycles. The molecule has 1 saturated heterocycles. The summed E-state index contributed by atoms with van der Waals surface area (Å²) in [5.41, 5.74) is 2.42. The van der Waals surface area contributed by atoms with Gasteiger partial charge in [-0.1, -0.05) is 0 Å². The van der Waals surface area contributed by atoms with E-state index in [-0.39, 0.29) is 23.9 Å². The molecule has 1 atom stereocenters. The number of rotatable bonds is 3. The van der Waals surface area contributed by atoms with Crippen LogP contribution in [0.3, 0.4) is 0 Å². The quantitative estimate of drug-likeness (QED) is 0.756. The van der Waals surface area contributed by atoms with Crippen LogP contribution in [-0.4, -0.2) is 44.2 Å². The lowest BCUT2D eigenvalue weighted by atomic mass is 10.1. The van der Waals surface area contributed by atoms with Crippen LogP contribution in [0.4, 0.5) is 0 Å². The molecule has 0 spiro atoms. The molecule has 1 amide bonds. The molecular weight excluding hydrogens is 330 g/mol. The second-order valence-electron chi connectivity index (χ2n) is 7.98. The minimum atomic E-state index is -0.267. The van der Waals surface area contributed by atoms with E-state index in [2.05, 4.69) is 19.9 Å². The number of aromatic nitrogens is 4. The maximum absolute atomic E-state index is 12.5. The summed E-state index contributed by atoms with van der Waals surface area (Å²) in [5, 5.41) is 4.06. The summed E-state index contributed by atoms with van der Waals surface area (Å²) in [6.45, 7) is 7.39. The molecule has 7 nitrogen and oxygen atoms in total. The van der Waals surface area contributed by atoms with Gasteiger partial charge in [0.1, 0.15) is 17.0 Å². The molecule has 7 heteroatoms. The van der Waals surface area contributed by atoms with Crippen LogP contribution < -0.4 is 5.32 Å². The van der Waals surface area contributed by atoms with Gasteiger partial charge < -0.3 is 19.6 Å². The van der Waals surface area contributed by atoms with Crippen molar-refractivity contribution in [2.75, 3.05) is 13.2 Å². The predicted molar refractivity (Wildman–Crippen MR) is 100 cm³/mol. The molecule has 26 heavy (non-hydrogen) atoms. The number of amides is 1. The van der Waals surface area contributed by atoms with Crippen molar-refractivity contribution in [2.24, 2.45) is 0 Å². The first-order valence-corrected chi connectivity index (χ1v) is 9.14. The van der Waals surface area contributed by atoms with E-state index in [1.165, 1.54) is 0 Å². The molecule has 4 heterocycles. The van der Waals surface area contributed by atoms with Gasteiger partial charge in [0.15, 0.2) is 0 Å². The number of fused-ring (bicyclic) bond motifs is 3. The lowest BCUT2D eigenvalue weighted by Crippen LogP contribution is -2.41. The standard InChI is InChI=1S/C19H25N5O2/c1-19(2,3)23-16(25)9-15-22-14-10-21-18-13(6-7-20-18)17(14)24(15)12-5-4-8-26-11-12/h6-7,10,12H,4-5,8-9,11H2,1-3H3,(H,20,21)(H,23,25). The number of H-pyrrole nitrogens is 1. The zero-order valence-corrected chi connectivity index (χ0v) is 15.5. The Morgan fingerprint density at radius 1 is 1.46 bits per heavy atom. The highest BCUT2D eigenvalue weighted by Gasteiger charge is 2.25. The van der Waals surface area contributed by atoms with E-state index in [1.807, 2.05) is 33.0 Å². The van der Waals surface area contributed by atoms with E-state index in [0.717, 1.165) is 47.3 Å². The summed E-state index contributed by atoms with van der Waals surface area (Å²) in [6.07, 6.45) is 5.94. The number of nitrogens with zero attached hydrogens (tertiary/aromatic N) is 3. The summed E-state index contributed by atoms with van der Waals surface area (Å²) < 4.78 is 7.92. The SMILES string of the molecule is CC(C)(C)NC(=O)Cc1nc2cnc3[nH]ccc3c2n1C1CCCOC1. The van der Waals surface area contributed by atoms with Gasteiger partial charge in [0, 0.05) is 23.7 Å². The number of aromatic amines is 1. The number of imidazole rings is 1. The van der Waals surface area contributed by atoms with Crippen LogP contribution >= 0.6 is 0 Å². The Hall–Kier alpha value is -2.41. The molecule has 0 saturated carbocycles. The molecule has 0 bridgehead atoms. The molecule has 1 aliphatic rings. The van der Waals surface area contributed by atoms with Crippen LogP contribution in [0.15, 0.2) is 18.5 Å². The number of nitrogens with one attached hydrogen (secondary N) is 2. The van der Waals surface area contributed by atoms with Crippen LogP contribution in [0.25, 0.3) is 22.1 Å². The van der Waals surface area contributed by atoms with Gasteiger partial charge in [-0.15, -0.1) is 0 Å². The number of carbonyl (C=O) groups is 1. The first-order chi connectivity index (χ1) is 12.4. The van der Waals surface area contributed by atoms with Gasteiger partial charge >= 0.3 is 0 Å². The van der Waals surface area contributed by atoms with Crippen molar-refractivity contribution in [3.8, 4) is 0 Å². The lowest BCUT2D eigenvalue weighted by Gasteiger charge is -2.26. The van der Waals surface area contributed by atoms with Crippen molar-refractivity contribution in [1.29, 1.82) is 0 Å². The van der Waals surface area contributed by atoms with Crippen molar-refractivity contribution in [1.82, 2.24) is 24.8 Å². The van der Waals surface area contributed by atoms with Crippen molar-refractivity contribution in [2.45, 2.75) is 51.6 Å². The van der Waals surface area contributed by atoms with E-state index in [0.29, 0.717) is 6.61 Å². The molecule has 0 aromatic carbocycles. The summed E-state index contributed by atoms with van der Waals surface area (Å²) in [5.74, 6) is 0.747. The molecule has 1 fully saturated rings. The van der Waals surface area contributed by atoms with Crippen LogP contribution in [0.2, 0.25) is 0 Å². The molecule has 2 N–H and O–H groups in total. The fourth-order valence-electron chi connectivity index (χ4n) is 3.69. The Morgan fingerprint density at radius 2 is 2.31 bits per heavy atom. The number of hydrogen-bond donors (Lipinski definition) is 2. The molecule has 4 rings (SSSR count). The Balaban J connectivity index is 1.81. The lowest BCUT2D eigenvalue weighted by molar-refractivity contribution is -0.122. The first-order valence-electron chi connectivity index (χ1n) is 9.14. The van der Waals surface area contributed by atoms with Crippen LogP contribution in [0.1, 0.15) is 45.5 Å². The largest absolute Gasteiger partial charge is 0.379 e. The molecule has 138 valence electrons. The fraction of sp³-hybridized carbons (Fsp3) is 0.526. The number of pyridine rings is 1. The number of carbonyl (C=O) groups excluding carboxylic acids is 1. The number of hydrogen-bond acceptors (Lipinski definition) is 4.